The third-order valence-electron chi connectivity index (χ3n) is 3.58. The molecule has 0 rings (SSSR count). The molecule has 0 saturated heterocycles. The zero-order chi connectivity index (χ0) is 22.8. The van der Waals surface area contributed by atoms with Gasteiger partial charge in [0.25, 0.3) is 0 Å². The van der Waals surface area contributed by atoms with Crippen molar-refractivity contribution >= 4 is 37.4 Å². The van der Waals surface area contributed by atoms with Gasteiger partial charge in [0, 0.05) is 12.8 Å². The molecule has 29 heavy (non-hydrogen) atoms. The van der Waals surface area contributed by atoms with Crippen LogP contribution in [-0.2, 0) is 33.1 Å². The van der Waals surface area contributed by atoms with Crippen molar-refractivity contribution < 1.29 is 58.4 Å². The average Bonchev–Trinajstić information content (AvgIpc) is 2.59. The molecule has 0 aromatic rings. The first-order valence-corrected chi connectivity index (χ1v) is 9.93. The molecule has 0 fully saturated rings. The minimum absolute atomic E-state index is 0.281. The number of carboxylic acids is 4. The highest BCUT2D eigenvalue weighted by atomic mass is 31.2. The average molecular weight is 442 g/mol. The zero-order valence-electron chi connectivity index (χ0n) is 15.1. The van der Waals surface area contributed by atoms with Crippen LogP contribution < -0.4 is 11.1 Å². The molecular formula is C14H23N2O12P. The van der Waals surface area contributed by atoms with Crippen LogP contribution in [0.25, 0.3) is 0 Å². The van der Waals surface area contributed by atoms with Crippen LogP contribution in [0.3, 0.4) is 0 Å². The highest BCUT2D eigenvalue weighted by Crippen LogP contribution is 2.44. The van der Waals surface area contributed by atoms with E-state index in [4.69, 9.17) is 26.2 Å². The Labute approximate surface area is 164 Å². The van der Waals surface area contributed by atoms with Gasteiger partial charge in [-0.1, -0.05) is 0 Å². The maximum absolute atomic E-state index is 12.0. The Morgan fingerprint density at radius 1 is 0.931 bits per heavy atom. The van der Waals surface area contributed by atoms with Gasteiger partial charge in [-0.2, -0.15) is 0 Å². The zero-order valence-corrected chi connectivity index (χ0v) is 16.0. The second-order valence-electron chi connectivity index (χ2n) is 6.03. The lowest BCUT2D eigenvalue weighted by Gasteiger charge is -2.20. The summed E-state index contributed by atoms with van der Waals surface area (Å²) in [6.07, 6.45) is -2.67. The summed E-state index contributed by atoms with van der Waals surface area (Å²) in [7, 11) is -4.63. The summed E-state index contributed by atoms with van der Waals surface area (Å²) in [6, 6.07) is -3.11. The molecule has 8 N–H and O–H groups in total. The quantitative estimate of drug-likeness (QED) is 0.143. The summed E-state index contributed by atoms with van der Waals surface area (Å²) in [6.45, 7) is -0.981. The summed E-state index contributed by atoms with van der Waals surface area (Å²) in [4.78, 5) is 64.7. The van der Waals surface area contributed by atoms with Gasteiger partial charge >= 0.3 is 31.5 Å². The van der Waals surface area contributed by atoms with E-state index in [2.05, 4.69) is 4.52 Å². The van der Waals surface area contributed by atoms with Gasteiger partial charge in [-0.05, 0) is 12.8 Å². The first-order chi connectivity index (χ1) is 13.2. The van der Waals surface area contributed by atoms with Crippen molar-refractivity contribution in [1.82, 2.24) is 5.32 Å². The molecule has 1 unspecified atom stereocenters. The molecular weight excluding hydrogens is 419 g/mol. The minimum atomic E-state index is -4.63. The normalized spacial score (nSPS) is 16.1. The number of hydrogen-bond acceptors (Lipinski definition) is 8. The number of aliphatic carboxylic acids is 4. The fraction of sp³-hybridized carbons (Fsp3) is 0.643. The lowest BCUT2D eigenvalue weighted by Crippen LogP contribution is -2.44. The molecule has 0 saturated carbocycles. The molecule has 15 heteroatoms. The number of carboxylic acid groups (broad SMARTS) is 4. The monoisotopic (exact) mass is 442 g/mol. The van der Waals surface area contributed by atoms with E-state index >= 15 is 0 Å². The molecule has 166 valence electrons. The Morgan fingerprint density at radius 2 is 1.52 bits per heavy atom. The van der Waals surface area contributed by atoms with E-state index < -0.39 is 87.4 Å². The minimum Gasteiger partial charge on any atom is -0.481 e. The fourth-order valence-corrected chi connectivity index (χ4v) is 3.35. The molecule has 0 heterocycles. The third-order valence-corrected chi connectivity index (χ3v) is 5.04. The van der Waals surface area contributed by atoms with Crippen LogP contribution in [0.1, 0.15) is 25.7 Å². The van der Waals surface area contributed by atoms with E-state index in [0.717, 1.165) is 0 Å². The van der Waals surface area contributed by atoms with E-state index in [1.807, 2.05) is 5.32 Å². The first kappa shape index (κ1) is 26.5. The van der Waals surface area contributed by atoms with Crippen molar-refractivity contribution in [1.29, 1.82) is 0 Å². The lowest BCUT2D eigenvalue weighted by molar-refractivity contribution is -0.143. The first-order valence-electron chi connectivity index (χ1n) is 8.16. The summed E-state index contributed by atoms with van der Waals surface area (Å²) in [5.74, 6) is -8.22. The predicted octanol–water partition coefficient (Wildman–Crippen LogP) is -1.48. The highest BCUT2D eigenvalue weighted by Gasteiger charge is 2.32. The predicted molar refractivity (Wildman–Crippen MR) is 93.1 cm³/mol. The smallest absolute Gasteiger partial charge is 0.329 e. The van der Waals surface area contributed by atoms with E-state index in [-0.39, 0.29) is 6.42 Å². The Bertz CT molecular complexity index is 682. The van der Waals surface area contributed by atoms with Crippen LogP contribution in [0.4, 0.5) is 0 Å². The number of carbonyl (C=O) groups excluding carboxylic acids is 1. The van der Waals surface area contributed by atoms with Crippen molar-refractivity contribution in [2.24, 2.45) is 11.7 Å². The van der Waals surface area contributed by atoms with Crippen molar-refractivity contribution in [3.63, 3.8) is 0 Å². The molecule has 0 radical (unpaired) electrons. The number of amides is 1. The largest absolute Gasteiger partial charge is 0.481 e. The molecule has 0 aromatic carbocycles. The number of rotatable bonds is 15. The summed E-state index contributed by atoms with van der Waals surface area (Å²) in [5, 5.41) is 37.2. The number of hydrogen-bond donors (Lipinski definition) is 7. The van der Waals surface area contributed by atoms with Gasteiger partial charge in [-0.25, -0.2) is 4.79 Å². The van der Waals surface area contributed by atoms with E-state index in [9.17, 15) is 33.4 Å². The van der Waals surface area contributed by atoms with Crippen molar-refractivity contribution in [2.45, 2.75) is 37.8 Å². The van der Waals surface area contributed by atoms with Crippen LogP contribution in [0.2, 0.25) is 0 Å². The van der Waals surface area contributed by atoms with Crippen molar-refractivity contribution in [2.75, 3.05) is 12.8 Å². The number of nitrogens with one attached hydrogen (secondary N) is 1. The fourth-order valence-electron chi connectivity index (χ4n) is 1.96. The lowest BCUT2D eigenvalue weighted by atomic mass is 10.1. The topological polar surface area (TPSA) is 251 Å². The Morgan fingerprint density at radius 3 is 1.97 bits per heavy atom. The van der Waals surface area contributed by atoms with Gasteiger partial charge < -0.3 is 40.9 Å². The molecule has 0 bridgehead atoms. The van der Waals surface area contributed by atoms with E-state index in [0.29, 0.717) is 0 Å². The SMILES string of the molecule is N[C@@H](CCC(=O)N[C@@H](COP(=O)(O)C[C@@H](CCC(=O)O)C(=O)O)C(=O)O)C(=O)O. The molecule has 0 aromatic heterocycles. The number of carbonyl (C=O) groups is 5. The summed E-state index contributed by atoms with van der Waals surface area (Å²) < 4.78 is 16.6. The molecule has 1 amide bonds. The van der Waals surface area contributed by atoms with Gasteiger partial charge in [0.1, 0.15) is 6.04 Å². The maximum atomic E-state index is 12.0. The van der Waals surface area contributed by atoms with Crippen LogP contribution in [0.5, 0.6) is 0 Å². The maximum Gasteiger partial charge on any atom is 0.329 e. The Kier molecular flexibility index (Phi) is 11.1. The van der Waals surface area contributed by atoms with Gasteiger partial charge in [0.2, 0.25) is 5.91 Å². The van der Waals surface area contributed by atoms with Gasteiger partial charge in [0.15, 0.2) is 6.04 Å². The summed E-state index contributed by atoms with van der Waals surface area (Å²) >= 11 is 0. The van der Waals surface area contributed by atoms with Crippen LogP contribution >= 0.6 is 7.60 Å². The molecule has 0 aliphatic rings. The highest BCUT2D eigenvalue weighted by molar-refractivity contribution is 7.52. The van der Waals surface area contributed by atoms with Gasteiger partial charge in [-0.3, -0.25) is 23.7 Å². The third kappa shape index (κ3) is 11.8. The Hall–Kier alpha value is -2.54. The molecule has 14 nitrogen and oxygen atoms in total. The molecule has 0 aliphatic carbocycles. The van der Waals surface area contributed by atoms with Gasteiger partial charge in [-0.15, -0.1) is 0 Å². The van der Waals surface area contributed by atoms with Crippen LogP contribution in [0.15, 0.2) is 0 Å². The summed E-state index contributed by atoms with van der Waals surface area (Å²) in [5.41, 5.74) is 5.21. The van der Waals surface area contributed by atoms with Crippen LogP contribution in [0, 0.1) is 5.92 Å². The molecule has 0 spiro atoms. The molecule has 4 atom stereocenters. The van der Waals surface area contributed by atoms with E-state index in [1.165, 1.54) is 0 Å². The van der Waals surface area contributed by atoms with Crippen molar-refractivity contribution in [3.8, 4) is 0 Å². The van der Waals surface area contributed by atoms with Crippen LogP contribution in [-0.4, -0.2) is 80.0 Å². The van der Waals surface area contributed by atoms with E-state index in [1.54, 1.807) is 0 Å². The standard InChI is InChI=1S/C14H23N2O12P/c15-8(13(22)23)2-3-10(17)16-9(14(24)25)5-28-29(26,27)6-7(12(20)21)1-4-11(18)19/h7-9H,1-6,15H2,(H,16,17)(H,18,19)(H,20,21)(H,22,23)(H,24,25)(H,26,27)/t7-,8+,9+/m1/s1. The van der Waals surface area contributed by atoms with Crippen molar-refractivity contribution in [3.05, 3.63) is 0 Å². The second-order valence-corrected chi connectivity index (χ2v) is 7.92. The number of nitrogens with two attached hydrogens (primary N) is 1. The molecule has 0 aliphatic heterocycles. The second kappa shape index (κ2) is 12.1. The Balaban J connectivity index is 4.79. The van der Waals surface area contributed by atoms with Gasteiger partial charge in [0.05, 0.1) is 18.7 Å².